The van der Waals surface area contributed by atoms with E-state index < -0.39 is 0 Å². The predicted octanol–water partition coefficient (Wildman–Crippen LogP) is 5.89. The Hall–Kier alpha value is -2.86. The number of nitrogens with one attached hydrogen (secondary N) is 1. The van der Waals surface area contributed by atoms with Gasteiger partial charge >= 0.3 is 6.03 Å². The number of rotatable bonds is 5. The van der Waals surface area contributed by atoms with E-state index in [1.807, 2.05) is 67.5 Å². The number of anilines is 3. The van der Waals surface area contributed by atoms with Crippen molar-refractivity contribution in [1.82, 2.24) is 0 Å². The molecule has 0 aliphatic rings. The molecule has 2 amide bonds. The van der Waals surface area contributed by atoms with Gasteiger partial charge in [-0.2, -0.15) is 0 Å². The smallest absolute Gasteiger partial charge is 0.326 e. The molecule has 0 heterocycles. The molecule has 0 radical (unpaired) electrons. The van der Waals surface area contributed by atoms with Crippen LogP contribution in [0.15, 0.2) is 77.3 Å². The van der Waals surface area contributed by atoms with Crippen LogP contribution in [0.5, 0.6) is 0 Å². The number of carbonyl (C=O) groups is 1. The third kappa shape index (κ3) is 5.10. The lowest BCUT2D eigenvalue weighted by molar-refractivity contribution is 0.256. The minimum Gasteiger partial charge on any atom is -0.378 e. The third-order valence-electron chi connectivity index (χ3n) is 4.27. The molecule has 0 saturated heterocycles. The summed E-state index contributed by atoms with van der Waals surface area (Å²) in [6.45, 7) is 0.363. The second kappa shape index (κ2) is 8.89. The number of hydrogen-bond donors (Lipinski definition) is 1. The highest BCUT2D eigenvalue weighted by Crippen LogP contribution is 2.22. The molecule has 3 aromatic rings. The Labute approximate surface area is 172 Å². The minimum absolute atomic E-state index is 0.286. The van der Waals surface area contributed by atoms with Crippen LogP contribution in [0.2, 0.25) is 0 Å². The maximum absolute atomic E-state index is 13.4. The lowest BCUT2D eigenvalue weighted by Crippen LogP contribution is -2.34. The number of amides is 2. The van der Waals surface area contributed by atoms with Gasteiger partial charge in [0.1, 0.15) is 5.82 Å². The zero-order valence-corrected chi connectivity index (χ0v) is 17.3. The molecule has 0 aromatic heterocycles. The lowest BCUT2D eigenvalue weighted by Gasteiger charge is -2.24. The fraction of sp³-hybridized carbons (Fsp3) is 0.136. The van der Waals surface area contributed by atoms with Gasteiger partial charge in [-0.1, -0.05) is 28.1 Å². The van der Waals surface area contributed by atoms with E-state index in [1.165, 1.54) is 12.1 Å². The highest BCUT2D eigenvalue weighted by Gasteiger charge is 2.17. The van der Waals surface area contributed by atoms with E-state index in [2.05, 4.69) is 21.2 Å². The maximum atomic E-state index is 13.4. The Morgan fingerprint density at radius 1 is 0.893 bits per heavy atom. The molecule has 6 heteroatoms. The molecule has 0 aliphatic carbocycles. The predicted molar refractivity (Wildman–Crippen MR) is 117 cm³/mol. The largest absolute Gasteiger partial charge is 0.378 e. The van der Waals surface area contributed by atoms with Gasteiger partial charge in [-0.15, -0.1) is 0 Å². The van der Waals surface area contributed by atoms with Crippen molar-refractivity contribution in [3.63, 3.8) is 0 Å². The van der Waals surface area contributed by atoms with Crippen molar-refractivity contribution in [3.8, 4) is 0 Å². The van der Waals surface area contributed by atoms with Crippen LogP contribution in [0.4, 0.5) is 26.2 Å². The first-order chi connectivity index (χ1) is 13.4. The van der Waals surface area contributed by atoms with Crippen molar-refractivity contribution in [2.24, 2.45) is 0 Å². The Morgan fingerprint density at radius 3 is 2.04 bits per heavy atom. The van der Waals surface area contributed by atoms with E-state index >= 15 is 0 Å². The molecule has 144 valence electrons. The highest BCUT2D eigenvalue weighted by molar-refractivity contribution is 9.10. The van der Waals surface area contributed by atoms with Gasteiger partial charge in [0, 0.05) is 35.6 Å². The maximum Gasteiger partial charge on any atom is 0.326 e. The summed E-state index contributed by atoms with van der Waals surface area (Å²) in [5.74, 6) is -0.340. The standard InChI is InChI=1S/C22H21BrFN3O/c1-26(2)20-11-3-16(4-12-20)15-27(21-13-7-18(24)8-14-21)22(28)25-19-9-5-17(23)6-10-19/h3-14H,15H2,1-2H3,(H,25,28). The van der Waals surface area contributed by atoms with Gasteiger partial charge in [-0.3, -0.25) is 4.90 Å². The number of halogens is 2. The Kier molecular flexibility index (Phi) is 6.31. The highest BCUT2D eigenvalue weighted by atomic mass is 79.9. The van der Waals surface area contributed by atoms with Crippen molar-refractivity contribution in [2.75, 3.05) is 29.2 Å². The Bertz CT molecular complexity index is 926. The van der Waals surface area contributed by atoms with Gasteiger partial charge in [0.25, 0.3) is 0 Å². The summed E-state index contributed by atoms with van der Waals surface area (Å²) in [4.78, 5) is 16.6. The molecule has 1 N–H and O–H groups in total. The quantitative estimate of drug-likeness (QED) is 0.535. The van der Waals surface area contributed by atoms with Crippen LogP contribution >= 0.6 is 15.9 Å². The zero-order valence-electron chi connectivity index (χ0n) is 15.7. The molecule has 0 bridgehead atoms. The summed E-state index contributed by atoms with van der Waals surface area (Å²) >= 11 is 3.38. The fourth-order valence-electron chi connectivity index (χ4n) is 2.71. The average Bonchev–Trinajstić information content (AvgIpc) is 2.69. The molecule has 0 atom stereocenters. The molecule has 4 nitrogen and oxygen atoms in total. The molecular weight excluding hydrogens is 421 g/mol. The van der Waals surface area contributed by atoms with Crippen molar-refractivity contribution in [3.05, 3.63) is 88.6 Å². The normalized spacial score (nSPS) is 10.4. The molecule has 3 aromatic carbocycles. The average molecular weight is 442 g/mol. The van der Waals surface area contributed by atoms with E-state index in [1.54, 1.807) is 17.0 Å². The second-order valence-corrected chi connectivity index (χ2v) is 7.48. The monoisotopic (exact) mass is 441 g/mol. The number of hydrogen-bond acceptors (Lipinski definition) is 2. The van der Waals surface area contributed by atoms with Crippen molar-refractivity contribution in [1.29, 1.82) is 0 Å². The molecule has 0 fully saturated rings. The van der Waals surface area contributed by atoms with Gasteiger partial charge in [-0.25, -0.2) is 9.18 Å². The first kappa shape index (κ1) is 19.9. The van der Waals surface area contributed by atoms with Crippen molar-refractivity contribution < 1.29 is 9.18 Å². The topological polar surface area (TPSA) is 35.6 Å². The zero-order chi connectivity index (χ0) is 20.1. The summed E-state index contributed by atoms with van der Waals surface area (Å²) in [5, 5.41) is 2.90. The van der Waals surface area contributed by atoms with Crippen molar-refractivity contribution in [2.45, 2.75) is 6.54 Å². The molecule has 0 aliphatic heterocycles. The van der Waals surface area contributed by atoms with Crippen molar-refractivity contribution >= 4 is 39.0 Å². The van der Waals surface area contributed by atoms with Gasteiger partial charge in [0.05, 0.1) is 6.54 Å². The van der Waals surface area contributed by atoms with E-state index in [9.17, 15) is 9.18 Å². The Morgan fingerprint density at radius 2 is 1.46 bits per heavy atom. The van der Waals surface area contributed by atoms with E-state index in [0.717, 1.165) is 15.7 Å². The summed E-state index contributed by atoms with van der Waals surface area (Å²) in [5.41, 5.74) is 3.35. The summed E-state index contributed by atoms with van der Waals surface area (Å²) in [6.07, 6.45) is 0. The summed E-state index contributed by atoms with van der Waals surface area (Å²) in [6, 6.07) is 20.9. The van der Waals surface area contributed by atoms with Crippen LogP contribution in [-0.2, 0) is 6.54 Å². The van der Waals surface area contributed by atoms with E-state index in [4.69, 9.17) is 0 Å². The van der Waals surface area contributed by atoms with Crippen LogP contribution in [-0.4, -0.2) is 20.1 Å². The van der Waals surface area contributed by atoms with Crippen LogP contribution in [0.1, 0.15) is 5.56 Å². The fourth-order valence-corrected chi connectivity index (χ4v) is 2.97. The molecular formula is C22H21BrFN3O. The van der Waals surface area contributed by atoms with Gasteiger partial charge in [-0.05, 0) is 66.2 Å². The third-order valence-corrected chi connectivity index (χ3v) is 4.80. The van der Waals surface area contributed by atoms with Gasteiger partial charge < -0.3 is 10.2 Å². The summed E-state index contributed by atoms with van der Waals surface area (Å²) in [7, 11) is 3.96. The molecule has 0 unspecified atom stereocenters. The molecule has 0 saturated carbocycles. The molecule has 0 spiro atoms. The summed E-state index contributed by atoms with van der Waals surface area (Å²) < 4.78 is 14.3. The first-order valence-electron chi connectivity index (χ1n) is 8.78. The lowest BCUT2D eigenvalue weighted by atomic mass is 10.1. The number of benzene rings is 3. The molecule has 28 heavy (non-hydrogen) atoms. The Balaban J connectivity index is 1.84. The van der Waals surface area contributed by atoms with Crippen LogP contribution in [0.25, 0.3) is 0 Å². The van der Waals surface area contributed by atoms with Crippen LogP contribution in [0, 0.1) is 5.82 Å². The number of carbonyl (C=O) groups excluding carboxylic acids is 1. The van der Waals surface area contributed by atoms with E-state index in [-0.39, 0.29) is 11.8 Å². The molecule has 3 rings (SSSR count). The van der Waals surface area contributed by atoms with Crippen LogP contribution < -0.4 is 15.1 Å². The van der Waals surface area contributed by atoms with Gasteiger partial charge in [0.2, 0.25) is 0 Å². The van der Waals surface area contributed by atoms with Crippen LogP contribution in [0.3, 0.4) is 0 Å². The second-order valence-electron chi connectivity index (χ2n) is 6.56. The SMILES string of the molecule is CN(C)c1ccc(CN(C(=O)Nc2ccc(Br)cc2)c2ccc(F)cc2)cc1. The van der Waals surface area contributed by atoms with E-state index in [0.29, 0.717) is 17.9 Å². The first-order valence-corrected chi connectivity index (χ1v) is 9.57. The number of nitrogens with zero attached hydrogens (tertiary/aromatic N) is 2. The minimum atomic E-state index is -0.340. The van der Waals surface area contributed by atoms with Gasteiger partial charge in [0.15, 0.2) is 0 Å². The number of urea groups is 1.